The first-order valence-corrected chi connectivity index (χ1v) is 9.65. The van der Waals surface area contributed by atoms with Crippen LogP contribution in [0.5, 0.6) is 0 Å². The van der Waals surface area contributed by atoms with Crippen LogP contribution in [0, 0.1) is 17.5 Å². The highest BCUT2D eigenvalue weighted by Crippen LogP contribution is 2.25. The normalized spacial score (nSPS) is 15.8. The van der Waals surface area contributed by atoms with Crippen LogP contribution in [0.1, 0.15) is 17.3 Å². The summed E-state index contributed by atoms with van der Waals surface area (Å²) in [6, 6.07) is 6.60. The fourth-order valence-corrected chi connectivity index (χ4v) is 4.37. The van der Waals surface area contributed by atoms with Crippen LogP contribution in [0.2, 0.25) is 0 Å². The van der Waals surface area contributed by atoms with Gasteiger partial charge in [0.25, 0.3) is 0 Å². The number of Topliss-reactive ketones (excluding diaryl/α,β-unsaturated/α-hetero) is 1. The first-order chi connectivity index (χ1) is 12.7. The lowest BCUT2D eigenvalue weighted by Crippen LogP contribution is -2.48. The highest BCUT2D eigenvalue weighted by molar-refractivity contribution is 7.89. The van der Waals surface area contributed by atoms with Gasteiger partial charge >= 0.3 is 0 Å². The zero-order valence-electron chi connectivity index (χ0n) is 14.5. The van der Waals surface area contributed by atoms with Crippen molar-refractivity contribution in [2.24, 2.45) is 0 Å². The second kappa shape index (κ2) is 7.32. The number of carbonyl (C=O) groups excluding carboxylic acids is 1. The van der Waals surface area contributed by atoms with E-state index in [1.807, 2.05) is 0 Å². The monoisotopic (exact) mass is 398 g/mol. The van der Waals surface area contributed by atoms with E-state index in [4.69, 9.17) is 0 Å². The third-order valence-corrected chi connectivity index (χ3v) is 6.36. The number of nitrogens with zero attached hydrogens (tertiary/aromatic N) is 2. The van der Waals surface area contributed by atoms with E-state index in [0.717, 1.165) is 22.5 Å². The Kier molecular flexibility index (Phi) is 5.25. The van der Waals surface area contributed by atoms with Crippen LogP contribution in [0.4, 0.5) is 18.9 Å². The molecule has 0 saturated carbocycles. The van der Waals surface area contributed by atoms with Crippen molar-refractivity contribution in [2.45, 2.75) is 11.8 Å². The van der Waals surface area contributed by atoms with Crippen LogP contribution in [0.15, 0.2) is 41.3 Å². The Balaban J connectivity index is 1.75. The molecule has 1 fully saturated rings. The summed E-state index contributed by atoms with van der Waals surface area (Å²) in [4.78, 5) is 12.7. The molecule has 3 rings (SSSR count). The number of rotatable bonds is 4. The lowest BCUT2D eigenvalue weighted by molar-refractivity contribution is 0.101. The first kappa shape index (κ1) is 19.4. The van der Waals surface area contributed by atoms with Gasteiger partial charge in [-0.25, -0.2) is 21.6 Å². The van der Waals surface area contributed by atoms with Crippen molar-refractivity contribution in [1.82, 2.24) is 4.31 Å². The largest absolute Gasteiger partial charge is 0.367 e. The van der Waals surface area contributed by atoms with E-state index >= 15 is 0 Å². The topological polar surface area (TPSA) is 57.7 Å². The Hall–Kier alpha value is -2.39. The summed E-state index contributed by atoms with van der Waals surface area (Å²) in [7, 11) is -3.97. The molecule has 9 heteroatoms. The molecule has 1 aliphatic rings. The average Bonchev–Trinajstić information content (AvgIpc) is 2.64. The Morgan fingerprint density at radius 2 is 1.56 bits per heavy atom. The molecule has 5 nitrogen and oxygen atoms in total. The zero-order chi connectivity index (χ0) is 19.8. The number of hydrogen-bond acceptors (Lipinski definition) is 4. The van der Waals surface area contributed by atoms with Gasteiger partial charge in [-0.3, -0.25) is 4.79 Å². The van der Waals surface area contributed by atoms with Gasteiger partial charge in [0.15, 0.2) is 17.4 Å². The van der Waals surface area contributed by atoms with Crippen LogP contribution < -0.4 is 4.90 Å². The minimum Gasteiger partial charge on any atom is -0.367 e. The molecule has 0 amide bonds. The summed E-state index contributed by atoms with van der Waals surface area (Å²) in [6.45, 7) is 1.92. The Bertz CT molecular complexity index is 987. The molecule has 2 aromatic rings. The molecule has 0 bridgehead atoms. The van der Waals surface area contributed by atoms with Gasteiger partial charge in [-0.1, -0.05) is 0 Å². The number of hydrogen-bond donors (Lipinski definition) is 0. The van der Waals surface area contributed by atoms with Gasteiger partial charge in [-0.05, 0) is 43.3 Å². The summed E-state index contributed by atoms with van der Waals surface area (Å²) in [5, 5.41) is 0. The predicted octanol–water partition coefficient (Wildman–Crippen LogP) is 2.82. The third-order valence-electron chi connectivity index (χ3n) is 4.46. The van der Waals surface area contributed by atoms with E-state index in [2.05, 4.69) is 0 Å². The minimum absolute atomic E-state index is 0.0647. The zero-order valence-corrected chi connectivity index (χ0v) is 15.3. The summed E-state index contributed by atoms with van der Waals surface area (Å²) in [5.74, 6) is -3.16. The van der Waals surface area contributed by atoms with E-state index in [0.29, 0.717) is 6.07 Å². The van der Waals surface area contributed by atoms with Gasteiger partial charge in [0.05, 0.1) is 10.6 Å². The Labute approximate surface area is 155 Å². The van der Waals surface area contributed by atoms with Crippen molar-refractivity contribution in [3.8, 4) is 0 Å². The van der Waals surface area contributed by atoms with Gasteiger partial charge in [-0.15, -0.1) is 0 Å². The van der Waals surface area contributed by atoms with E-state index in [-0.39, 0.29) is 48.1 Å². The molecule has 0 unspecified atom stereocenters. The van der Waals surface area contributed by atoms with Crippen molar-refractivity contribution >= 4 is 21.5 Å². The Morgan fingerprint density at radius 3 is 2.11 bits per heavy atom. The fourth-order valence-electron chi connectivity index (χ4n) is 2.94. The second-order valence-corrected chi connectivity index (χ2v) is 8.13. The van der Waals surface area contributed by atoms with E-state index in [9.17, 15) is 26.4 Å². The maximum Gasteiger partial charge on any atom is 0.243 e. The van der Waals surface area contributed by atoms with Gasteiger partial charge in [-0.2, -0.15) is 4.31 Å². The van der Waals surface area contributed by atoms with Gasteiger partial charge in [0.2, 0.25) is 10.0 Å². The van der Waals surface area contributed by atoms with Crippen LogP contribution in [0.3, 0.4) is 0 Å². The molecule has 1 heterocycles. The lowest BCUT2D eigenvalue weighted by Gasteiger charge is -2.35. The quantitative estimate of drug-likeness (QED) is 0.744. The van der Waals surface area contributed by atoms with Crippen LogP contribution in [0.25, 0.3) is 0 Å². The molecule has 1 saturated heterocycles. The average molecular weight is 398 g/mol. The van der Waals surface area contributed by atoms with Crippen LogP contribution in [-0.2, 0) is 10.0 Å². The van der Waals surface area contributed by atoms with E-state index in [1.165, 1.54) is 19.1 Å². The molecule has 1 aliphatic heterocycles. The molecule has 144 valence electrons. The summed E-state index contributed by atoms with van der Waals surface area (Å²) < 4.78 is 67.0. The first-order valence-electron chi connectivity index (χ1n) is 8.21. The van der Waals surface area contributed by atoms with Crippen molar-refractivity contribution in [3.05, 3.63) is 59.4 Å². The Morgan fingerprint density at radius 1 is 0.889 bits per heavy atom. The number of ketones is 1. The molecule has 0 aliphatic carbocycles. The van der Waals surface area contributed by atoms with Crippen molar-refractivity contribution in [3.63, 3.8) is 0 Å². The highest BCUT2D eigenvalue weighted by Gasteiger charge is 2.30. The number of piperazine rings is 1. The molecule has 0 aromatic heterocycles. The number of sulfonamides is 1. The maximum atomic E-state index is 14.3. The maximum absolute atomic E-state index is 14.3. The second-order valence-electron chi connectivity index (χ2n) is 6.19. The third kappa shape index (κ3) is 3.84. The molecular weight excluding hydrogens is 381 g/mol. The molecule has 0 N–H and O–H groups in total. The summed E-state index contributed by atoms with van der Waals surface area (Å²) >= 11 is 0. The molecule has 0 atom stereocenters. The summed E-state index contributed by atoms with van der Waals surface area (Å²) in [5.41, 5.74) is 0.542. The number of anilines is 1. The van der Waals surface area contributed by atoms with Gasteiger partial charge in [0, 0.05) is 31.7 Å². The predicted molar refractivity (Wildman–Crippen MR) is 93.7 cm³/mol. The summed E-state index contributed by atoms with van der Waals surface area (Å²) in [6.07, 6.45) is 0. The fraction of sp³-hybridized carbons (Fsp3) is 0.278. The van der Waals surface area contributed by atoms with Crippen LogP contribution in [-0.4, -0.2) is 44.7 Å². The number of halogens is 3. The molecule has 0 spiro atoms. The molecular formula is C18H17F3N2O3S. The standard InChI is InChI=1S/C18H17F3N2O3S/c1-12(24)13-2-5-18(17(21)10-13)22-6-8-23(9-7-22)27(25,26)14-3-4-15(19)16(20)11-14/h2-5,10-11H,6-9H2,1H3. The SMILES string of the molecule is CC(=O)c1ccc(N2CCN(S(=O)(=O)c3ccc(F)c(F)c3)CC2)c(F)c1. The number of benzene rings is 2. The minimum atomic E-state index is -3.97. The smallest absolute Gasteiger partial charge is 0.243 e. The van der Waals surface area contributed by atoms with Crippen molar-refractivity contribution in [2.75, 3.05) is 31.1 Å². The molecule has 0 radical (unpaired) electrons. The lowest BCUT2D eigenvalue weighted by atomic mass is 10.1. The number of carbonyl (C=O) groups is 1. The van der Waals surface area contributed by atoms with E-state index in [1.54, 1.807) is 4.90 Å². The molecule has 2 aromatic carbocycles. The van der Waals surface area contributed by atoms with Crippen molar-refractivity contribution < 1.29 is 26.4 Å². The van der Waals surface area contributed by atoms with E-state index < -0.39 is 27.5 Å². The van der Waals surface area contributed by atoms with Crippen molar-refractivity contribution in [1.29, 1.82) is 0 Å². The van der Waals surface area contributed by atoms with Crippen LogP contribution >= 0.6 is 0 Å². The van der Waals surface area contributed by atoms with Gasteiger partial charge < -0.3 is 4.90 Å². The highest BCUT2D eigenvalue weighted by atomic mass is 32.2. The van der Waals surface area contributed by atoms with Gasteiger partial charge in [0.1, 0.15) is 5.82 Å². The molecule has 27 heavy (non-hydrogen) atoms.